The van der Waals surface area contributed by atoms with Gasteiger partial charge in [-0.05, 0) is 76.6 Å². The molecule has 1 aliphatic heterocycles. The van der Waals surface area contributed by atoms with Gasteiger partial charge in [-0.15, -0.1) is 0 Å². The van der Waals surface area contributed by atoms with E-state index in [1.807, 2.05) is 36.4 Å². The van der Waals surface area contributed by atoms with Gasteiger partial charge >= 0.3 is 5.97 Å². The minimum Gasteiger partial charge on any atom is -0.493 e. The molecule has 0 radical (unpaired) electrons. The van der Waals surface area contributed by atoms with Gasteiger partial charge in [0.25, 0.3) is 11.8 Å². The maximum Gasteiger partial charge on any atom is 0.335 e. The van der Waals surface area contributed by atoms with Gasteiger partial charge in [0.1, 0.15) is 12.2 Å². The number of hydrogen-bond donors (Lipinski definition) is 2. The predicted octanol–water partition coefficient (Wildman–Crippen LogP) is 4.96. The van der Waals surface area contributed by atoms with Gasteiger partial charge in [-0.25, -0.2) is 4.79 Å². The van der Waals surface area contributed by atoms with Gasteiger partial charge < -0.3 is 14.6 Å². The highest BCUT2D eigenvalue weighted by Gasteiger charge is 2.34. The maximum atomic E-state index is 13.3. The Morgan fingerprint density at radius 1 is 0.949 bits per heavy atom. The lowest BCUT2D eigenvalue weighted by molar-refractivity contribution is -0.122. The molecule has 8 nitrogen and oxygen atoms in total. The minimum atomic E-state index is -1.15. The second-order valence-electron chi connectivity index (χ2n) is 8.69. The molecule has 0 atom stereocenters. The van der Waals surface area contributed by atoms with E-state index in [2.05, 4.69) is 11.4 Å². The molecule has 4 aromatic carbocycles. The Hall–Kier alpha value is -5.02. The molecule has 5 rings (SSSR count). The summed E-state index contributed by atoms with van der Waals surface area (Å²) in [6.07, 6.45) is 1.42. The zero-order valence-corrected chi connectivity index (χ0v) is 21.5. The maximum absolute atomic E-state index is 13.3. The van der Waals surface area contributed by atoms with Crippen molar-refractivity contribution in [3.8, 4) is 11.5 Å². The molecule has 0 spiro atoms. The van der Waals surface area contributed by atoms with Crippen LogP contribution in [0.5, 0.6) is 11.5 Å². The summed E-state index contributed by atoms with van der Waals surface area (Å²) in [5.41, 5.74) is 1.56. The van der Waals surface area contributed by atoms with Gasteiger partial charge in [-0.2, -0.15) is 0 Å². The number of thiocarbonyl (C=S) groups is 1. The number of carbonyl (C=O) groups is 3. The number of aromatic carboxylic acids is 1. The van der Waals surface area contributed by atoms with E-state index in [0.29, 0.717) is 23.7 Å². The molecule has 0 saturated carbocycles. The van der Waals surface area contributed by atoms with Crippen LogP contribution in [0.2, 0.25) is 0 Å². The molecule has 2 N–H and O–H groups in total. The summed E-state index contributed by atoms with van der Waals surface area (Å²) in [6.45, 7) is 0.324. The third kappa shape index (κ3) is 5.34. The van der Waals surface area contributed by atoms with E-state index in [-0.39, 0.29) is 21.9 Å². The van der Waals surface area contributed by atoms with E-state index in [9.17, 15) is 19.5 Å². The first-order valence-corrected chi connectivity index (χ1v) is 12.3. The summed E-state index contributed by atoms with van der Waals surface area (Å²) in [6, 6.07) is 25.0. The van der Waals surface area contributed by atoms with Gasteiger partial charge in [0.2, 0.25) is 0 Å². The van der Waals surface area contributed by atoms with Crippen molar-refractivity contribution < 1.29 is 29.0 Å². The lowest BCUT2D eigenvalue weighted by Crippen LogP contribution is -2.54. The molecule has 0 aliphatic carbocycles. The second kappa shape index (κ2) is 10.8. The molecule has 39 heavy (non-hydrogen) atoms. The van der Waals surface area contributed by atoms with Crippen LogP contribution in [0.3, 0.4) is 0 Å². The Labute approximate surface area is 229 Å². The Morgan fingerprint density at radius 2 is 1.74 bits per heavy atom. The Balaban J connectivity index is 1.39. The van der Waals surface area contributed by atoms with Gasteiger partial charge in [0.05, 0.1) is 18.4 Å². The first kappa shape index (κ1) is 25.6. The topological polar surface area (TPSA) is 105 Å². The largest absolute Gasteiger partial charge is 0.493 e. The van der Waals surface area contributed by atoms with Crippen LogP contribution in [0.4, 0.5) is 5.69 Å². The van der Waals surface area contributed by atoms with Crippen LogP contribution in [0.1, 0.15) is 21.5 Å². The number of carboxylic acid groups (broad SMARTS) is 1. The number of benzene rings is 4. The zero-order chi connectivity index (χ0) is 27.5. The summed E-state index contributed by atoms with van der Waals surface area (Å²) in [4.78, 5) is 38.5. The number of ether oxygens (including phenoxy) is 2. The third-order valence-electron chi connectivity index (χ3n) is 6.16. The standard InChI is InChI=1S/C30H22N2O6S/c1-37-26-15-18(10-12-25(26)38-17-19-9-11-20-5-2-3-6-21(20)13-19)14-24-27(33)31-30(39)32(28(24)34)23-8-4-7-22(16-23)29(35)36/h2-16H,17H2,1H3,(H,35,36)(H,31,33,39). The molecule has 0 unspecified atom stereocenters. The third-order valence-corrected chi connectivity index (χ3v) is 6.44. The van der Waals surface area contributed by atoms with Crippen molar-refractivity contribution in [2.75, 3.05) is 12.0 Å². The van der Waals surface area contributed by atoms with E-state index in [1.54, 1.807) is 18.2 Å². The van der Waals surface area contributed by atoms with Crippen molar-refractivity contribution >= 4 is 57.6 Å². The van der Waals surface area contributed by atoms with Crippen LogP contribution in [-0.4, -0.2) is 35.1 Å². The van der Waals surface area contributed by atoms with Crippen molar-refractivity contribution in [2.24, 2.45) is 0 Å². The van der Waals surface area contributed by atoms with E-state index >= 15 is 0 Å². The first-order valence-electron chi connectivity index (χ1n) is 11.9. The van der Waals surface area contributed by atoms with E-state index in [1.165, 1.54) is 37.5 Å². The number of carboxylic acids is 1. The monoisotopic (exact) mass is 538 g/mol. The van der Waals surface area contributed by atoms with E-state index in [0.717, 1.165) is 21.2 Å². The van der Waals surface area contributed by atoms with Crippen LogP contribution < -0.4 is 19.7 Å². The summed E-state index contributed by atoms with van der Waals surface area (Å²) in [7, 11) is 1.50. The predicted molar refractivity (Wildman–Crippen MR) is 151 cm³/mol. The Kier molecular flexibility index (Phi) is 7.07. The molecule has 0 bridgehead atoms. The Bertz CT molecular complexity index is 1680. The van der Waals surface area contributed by atoms with Crippen molar-refractivity contribution in [3.63, 3.8) is 0 Å². The number of methoxy groups -OCH3 is 1. The van der Waals surface area contributed by atoms with Crippen molar-refractivity contribution in [2.45, 2.75) is 6.61 Å². The fourth-order valence-corrected chi connectivity index (χ4v) is 4.50. The molecule has 194 valence electrons. The summed E-state index contributed by atoms with van der Waals surface area (Å²) < 4.78 is 11.5. The zero-order valence-electron chi connectivity index (χ0n) is 20.7. The van der Waals surface area contributed by atoms with Crippen LogP contribution in [-0.2, 0) is 16.2 Å². The Morgan fingerprint density at radius 3 is 2.51 bits per heavy atom. The minimum absolute atomic E-state index is 0.0189. The van der Waals surface area contributed by atoms with Crippen molar-refractivity contribution in [1.82, 2.24) is 5.32 Å². The molecule has 1 fully saturated rings. The number of rotatable bonds is 7. The van der Waals surface area contributed by atoms with E-state index in [4.69, 9.17) is 21.7 Å². The average molecular weight is 539 g/mol. The highest BCUT2D eigenvalue weighted by Crippen LogP contribution is 2.31. The number of anilines is 1. The van der Waals surface area contributed by atoms with Crippen LogP contribution in [0.15, 0.2) is 90.5 Å². The van der Waals surface area contributed by atoms with Crippen LogP contribution in [0.25, 0.3) is 16.8 Å². The highest BCUT2D eigenvalue weighted by molar-refractivity contribution is 7.80. The molecule has 1 aliphatic rings. The van der Waals surface area contributed by atoms with Crippen molar-refractivity contribution in [1.29, 1.82) is 0 Å². The number of nitrogens with one attached hydrogen (secondary N) is 1. The molecular weight excluding hydrogens is 516 g/mol. The lowest BCUT2D eigenvalue weighted by atomic mass is 10.1. The number of amides is 2. The van der Waals surface area contributed by atoms with Gasteiger partial charge in [-0.3, -0.25) is 19.8 Å². The summed E-state index contributed by atoms with van der Waals surface area (Å²) >= 11 is 5.20. The number of carbonyl (C=O) groups excluding carboxylic acids is 2. The average Bonchev–Trinajstić information content (AvgIpc) is 2.94. The fourth-order valence-electron chi connectivity index (χ4n) is 4.22. The number of nitrogens with zero attached hydrogens (tertiary/aromatic N) is 1. The normalized spacial score (nSPS) is 14.4. The molecule has 1 heterocycles. The fraction of sp³-hybridized carbons (Fsp3) is 0.0667. The molecule has 9 heteroatoms. The quantitative estimate of drug-likeness (QED) is 0.195. The lowest BCUT2D eigenvalue weighted by Gasteiger charge is -2.29. The summed E-state index contributed by atoms with van der Waals surface area (Å²) in [5.74, 6) is -1.56. The number of hydrogen-bond acceptors (Lipinski definition) is 6. The van der Waals surface area contributed by atoms with Gasteiger partial charge in [0, 0.05) is 0 Å². The number of fused-ring (bicyclic) bond motifs is 1. The summed E-state index contributed by atoms with van der Waals surface area (Å²) in [5, 5.41) is 13.9. The molecule has 1 saturated heterocycles. The van der Waals surface area contributed by atoms with Crippen LogP contribution >= 0.6 is 12.2 Å². The highest BCUT2D eigenvalue weighted by atomic mass is 32.1. The van der Waals surface area contributed by atoms with Crippen LogP contribution in [0, 0.1) is 0 Å². The molecular formula is C30H22N2O6S. The molecule has 4 aromatic rings. The second-order valence-corrected chi connectivity index (χ2v) is 9.08. The van der Waals surface area contributed by atoms with Gasteiger partial charge in [-0.1, -0.05) is 48.5 Å². The van der Waals surface area contributed by atoms with E-state index < -0.39 is 17.8 Å². The van der Waals surface area contributed by atoms with Crippen molar-refractivity contribution in [3.05, 3.63) is 107 Å². The smallest absolute Gasteiger partial charge is 0.335 e. The SMILES string of the molecule is COc1cc(C=C2C(=O)NC(=S)N(c3cccc(C(=O)O)c3)C2=O)ccc1OCc1ccc2ccccc2c1. The van der Waals surface area contributed by atoms with Gasteiger partial charge in [0.15, 0.2) is 16.6 Å². The molecule has 0 aromatic heterocycles. The molecule has 2 amide bonds. The first-order chi connectivity index (χ1) is 18.8.